The zero-order valence-corrected chi connectivity index (χ0v) is 19.7. The van der Waals surface area contributed by atoms with Gasteiger partial charge >= 0.3 is 0 Å². The van der Waals surface area contributed by atoms with E-state index in [1.807, 2.05) is 21.6 Å². The Kier molecular flexibility index (Phi) is 6.28. The minimum Gasteiger partial charge on any atom is -0.493 e. The lowest BCUT2D eigenvalue weighted by atomic mass is 10.1. The second-order valence-corrected chi connectivity index (χ2v) is 9.21. The molecule has 1 fully saturated rings. The second kappa shape index (κ2) is 9.49. The molecule has 8 heteroatoms. The number of ether oxygens (including phenoxy) is 1. The summed E-state index contributed by atoms with van der Waals surface area (Å²) in [7, 11) is 0. The van der Waals surface area contributed by atoms with Crippen LogP contribution in [0.1, 0.15) is 23.1 Å². The van der Waals surface area contributed by atoms with Crippen LogP contribution >= 0.6 is 12.2 Å². The zero-order chi connectivity index (χ0) is 22.8. The fourth-order valence-electron chi connectivity index (χ4n) is 4.65. The number of hydrogen-bond donors (Lipinski definition) is 1. The number of aromatic amines is 1. The Balaban J connectivity index is 1.15. The van der Waals surface area contributed by atoms with Gasteiger partial charge in [0.1, 0.15) is 5.75 Å². The SMILES string of the molecule is Cc1cccc(-c2n[nH]c(=S)n2CCC(=O)N2CCN(Cc3ccc4c(c3)CCO4)CC2)c1. The van der Waals surface area contributed by atoms with E-state index in [0.717, 1.165) is 68.5 Å². The van der Waals surface area contributed by atoms with Crippen LogP contribution in [0.15, 0.2) is 42.5 Å². The molecule has 3 aromatic rings. The van der Waals surface area contributed by atoms with Gasteiger partial charge in [0.05, 0.1) is 6.61 Å². The topological polar surface area (TPSA) is 66.4 Å². The molecule has 0 unspecified atom stereocenters. The summed E-state index contributed by atoms with van der Waals surface area (Å²) < 4.78 is 8.08. The van der Waals surface area contributed by atoms with Crippen molar-refractivity contribution in [2.75, 3.05) is 32.8 Å². The highest BCUT2D eigenvalue weighted by Gasteiger charge is 2.22. The quantitative estimate of drug-likeness (QED) is 0.566. The number of aryl methyl sites for hydroxylation is 1. The summed E-state index contributed by atoms with van der Waals surface area (Å²) in [6.45, 7) is 7.57. The van der Waals surface area contributed by atoms with E-state index in [2.05, 4.69) is 52.4 Å². The average Bonchev–Trinajstić information content (AvgIpc) is 3.44. The summed E-state index contributed by atoms with van der Waals surface area (Å²) in [4.78, 5) is 17.3. The first-order valence-electron chi connectivity index (χ1n) is 11.5. The van der Waals surface area contributed by atoms with Crippen LogP contribution in [-0.2, 0) is 24.3 Å². The Bertz CT molecular complexity index is 1210. The molecule has 33 heavy (non-hydrogen) atoms. The Labute approximate surface area is 199 Å². The molecule has 1 amide bonds. The average molecular weight is 464 g/mol. The number of carbonyl (C=O) groups excluding carboxylic acids is 1. The monoisotopic (exact) mass is 463 g/mol. The number of rotatable bonds is 6. The van der Waals surface area contributed by atoms with Gasteiger partial charge in [0.2, 0.25) is 5.91 Å². The third-order valence-corrected chi connectivity index (χ3v) is 6.78. The molecule has 2 aromatic carbocycles. The van der Waals surface area contributed by atoms with Crippen LogP contribution in [0.4, 0.5) is 0 Å². The maximum atomic E-state index is 12.9. The number of benzene rings is 2. The fourth-order valence-corrected chi connectivity index (χ4v) is 4.87. The van der Waals surface area contributed by atoms with Crippen LogP contribution in [0, 0.1) is 11.7 Å². The molecule has 0 spiro atoms. The predicted octanol–water partition coefficient (Wildman–Crippen LogP) is 3.59. The van der Waals surface area contributed by atoms with E-state index in [-0.39, 0.29) is 5.91 Å². The van der Waals surface area contributed by atoms with Crippen molar-refractivity contribution in [3.63, 3.8) is 0 Å². The molecule has 172 valence electrons. The van der Waals surface area contributed by atoms with Crippen molar-refractivity contribution in [2.24, 2.45) is 0 Å². The van der Waals surface area contributed by atoms with Gasteiger partial charge in [-0.15, -0.1) is 0 Å². The van der Waals surface area contributed by atoms with E-state index in [0.29, 0.717) is 17.7 Å². The number of fused-ring (bicyclic) bond motifs is 1. The van der Waals surface area contributed by atoms with Crippen molar-refractivity contribution in [2.45, 2.75) is 32.9 Å². The molecule has 0 saturated carbocycles. The maximum Gasteiger partial charge on any atom is 0.224 e. The van der Waals surface area contributed by atoms with Crippen molar-refractivity contribution >= 4 is 18.1 Å². The molecule has 5 rings (SSSR count). The number of hydrogen-bond acceptors (Lipinski definition) is 5. The number of nitrogens with one attached hydrogen (secondary N) is 1. The van der Waals surface area contributed by atoms with Gasteiger partial charge in [-0.05, 0) is 42.4 Å². The summed E-state index contributed by atoms with van der Waals surface area (Å²) in [6, 6.07) is 14.7. The van der Waals surface area contributed by atoms with Crippen LogP contribution in [-0.4, -0.2) is 63.3 Å². The molecule has 1 aromatic heterocycles. The molecular weight excluding hydrogens is 434 g/mol. The molecule has 1 N–H and O–H groups in total. The summed E-state index contributed by atoms with van der Waals surface area (Å²) >= 11 is 5.43. The van der Waals surface area contributed by atoms with Crippen molar-refractivity contribution < 1.29 is 9.53 Å². The molecule has 1 saturated heterocycles. The molecule has 0 radical (unpaired) electrons. The number of carbonyl (C=O) groups is 1. The van der Waals surface area contributed by atoms with E-state index < -0.39 is 0 Å². The zero-order valence-electron chi connectivity index (χ0n) is 18.9. The van der Waals surface area contributed by atoms with Gasteiger partial charge in [0.15, 0.2) is 10.6 Å². The first kappa shape index (κ1) is 21.9. The second-order valence-electron chi connectivity index (χ2n) is 8.82. The van der Waals surface area contributed by atoms with E-state index in [9.17, 15) is 4.79 Å². The normalized spacial score (nSPS) is 16.0. The molecule has 7 nitrogen and oxygen atoms in total. The lowest BCUT2D eigenvalue weighted by Gasteiger charge is -2.35. The standard InChI is InChI=1S/C25H29N5O2S/c1-18-3-2-4-21(15-18)24-26-27-25(33)30(24)9-7-23(31)29-12-10-28(11-13-29)17-19-5-6-22-20(16-19)8-14-32-22/h2-6,15-16H,7-14,17H2,1H3,(H,27,33). The molecular formula is C25H29N5O2S. The third kappa shape index (κ3) is 4.86. The van der Waals surface area contributed by atoms with Crippen LogP contribution in [0.3, 0.4) is 0 Å². The number of nitrogens with zero attached hydrogens (tertiary/aromatic N) is 4. The first-order chi connectivity index (χ1) is 16.1. The third-order valence-electron chi connectivity index (χ3n) is 6.47. The molecule has 0 bridgehead atoms. The maximum absolute atomic E-state index is 12.9. The highest BCUT2D eigenvalue weighted by atomic mass is 32.1. The van der Waals surface area contributed by atoms with Gasteiger partial charge in [0.25, 0.3) is 0 Å². The Hall–Kier alpha value is -2.97. The van der Waals surface area contributed by atoms with Gasteiger partial charge in [-0.25, -0.2) is 0 Å². The first-order valence-corrected chi connectivity index (χ1v) is 11.9. The lowest BCUT2D eigenvalue weighted by molar-refractivity contribution is -0.133. The highest BCUT2D eigenvalue weighted by Crippen LogP contribution is 2.26. The fraction of sp³-hybridized carbons (Fsp3) is 0.400. The Morgan fingerprint density at radius 1 is 1.15 bits per heavy atom. The molecule has 2 aliphatic rings. The summed E-state index contributed by atoms with van der Waals surface area (Å²) in [5.74, 6) is 1.97. The molecule has 2 aliphatic heterocycles. The number of piperazine rings is 1. The van der Waals surface area contributed by atoms with Crippen LogP contribution in [0.5, 0.6) is 5.75 Å². The summed E-state index contributed by atoms with van der Waals surface area (Å²) in [6.07, 6.45) is 1.41. The molecule has 0 atom stereocenters. The number of aromatic nitrogens is 3. The predicted molar refractivity (Wildman–Crippen MR) is 130 cm³/mol. The van der Waals surface area contributed by atoms with Crippen molar-refractivity contribution in [3.8, 4) is 17.1 Å². The van der Waals surface area contributed by atoms with E-state index in [1.54, 1.807) is 0 Å². The van der Waals surface area contributed by atoms with Crippen molar-refractivity contribution in [3.05, 3.63) is 63.9 Å². The van der Waals surface area contributed by atoms with Gasteiger partial charge in [0, 0.05) is 57.7 Å². The number of amides is 1. The Morgan fingerprint density at radius 3 is 2.82 bits per heavy atom. The van der Waals surface area contributed by atoms with Gasteiger partial charge in [-0.1, -0.05) is 35.9 Å². The minimum atomic E-state index is 0.169. The molecule has 3 heterocycles. The Morgan fingerprint density at radius 2 is 2.00 bits per heavy atom. The van der Waals surface area contributed by atoms with Gasteiger partial charge in [-0.3, -0.25) is 19.4 Å². The van der Waals surface area contributed by atoms with Crippen LogP contribution in [0.25, 0.3) is 11.4 Å². The van der Waals surface area contributed by atoms with Crippen molar-refractivity contribution in [1.82, 2.24) is 24.6 Å². The highest BCUT2D eigenvalue weighted by molar-refractivity contribution is 7.71. The van der Waals surface area contributed by atoms with Gasteiger partial charge in [-0.2, -0.15) is 5.10 Å². The number of H-pyrrole nitrogens is 1. The van der Waals surface area contributed by atoms with E-state index in [1.165, 1.54) is 11.1 Å². The van der Waals surface area contributed by atoms with Gasteiger partial charge < -0.3 is 9.64 Å². The van der Waals surface area contributed by atoms with Crippen LogP contribution in [0.2, 0.25) is 0 Å². The largest absolute Gasteiger partial charge is 0.493 e. The van der Waals surface area contributed by atoms with E-state index in [4.69, 9.17) is 17.0 Å². The smallest absolute Gasteiger partial charge is 0.224 e. The van der Waals surface area contributed by atoms with E-state index >= 15 is 0 Å². The summed E-state index contributed by atoms with van der Waals surface area (Å²) in [5, 5.41) is 7.27. The lowest BCUT2D eigenvalue weighted by Crippen LogP contribution is -2.48. The van der Waals surface area contributed by atoms with Crippen molar-refractivity contribution in [1.29, 1.82) is 0 Å². The van der Waals surface area contributed by atoms with Crippen LogP contribution < -0.4 is 4.74 Å². The summed E-state index contributed by atoms with van der Waals surface area (Å²) in [5.41, 5.74) is 4.79. The minimum absolute atomic E-state index is 0.169. The molecule has 0 aliphatic carbocycles.